The molecule has 0 saturated carbocycles. The average Bonchev–Trinajstić information content (AvgIpc) is 2.35. The van der Waals surface area contributed by atoms with Crippen LogP contribution in [0.1, 0.15) is 43.4 Å². The number of hydrogen-bond donors (Lipinski definition) is 2. The number of carbonyl (C=O) groups excluding carboxylic acids is 1. The molecule has 4 heteroatoms. The Hall–Kier alpha value is -1.84. The zero-order valence-corrected chi connectivity index (χ0v) is 13.0. The Balaban J connectivity index is 2.80. The normalized spacial score (nSPS) is 13.4. The standard InChI is InChI=1S/C16H25N3O/c1-10(2)9-18-16(17)19-15(20)13(5)14-11(3)7-6-8-12(14)4/h6-8,10,13H,9H2,1-5H3,(H3,17,18,19,20). The number of amides is 1. The number of carbonyl (C=O) groups is 1. The quantitative estimate of drug-likeness (QED) is 0.655. The van der Waals surface area contributed by atoms with Crippen molar-refractivity contribution >= 4 is 11.9 Å². The number of benzene rings is 1. The van der Waals surface area contributed by atoms with Crippen LogP contribution in [-0.2, 0) is 4.79 Å². The van der Waals surface area contributed by atoms with Crippen LogP contribution >= 0.6 is 0 Å². The average molecular weight is 275 g/mol. The molecule has 0 fully saturated rings. The Morgan fingerprint density at radius 3 is 2.30 bits per heavy atom. The Bertz CT molecular complexity index is 486. The predicted molar refractivity (Wildman–Crippen MR) is 83.8 cm³/mol. The minimum absolute atomic E-state index is 0.118. The zero-order valence-electron chi connectivity index (χ0n) is 13.0. The number of nitrogens with two attached hydrogens (primary N) is 1. The summed E-state index contributed by atoms with van der Waals surface area (Å²) in [7, 11) is 0. The molecule has 1 atom stereocenters. The van der Waals surface area contributed by atoms with E-state index < -0.39 is 0 Å². The second-order valence-electron chi connectivity index (χ2n) is 5.64. The fourth-order valence-electron chi connectivity index (χ4n) is 2.20. The molecule has 1 unspecified atom stereocenters. The molecule has 4 nitrogen and oxygen atoms in total. The first-order valence-corrected chi connectivity index (χ1v) is 6.99. The molecule has 0 aliphatic rings. The highest BCUT2D eigenvalue weighted by Gasteiger charge is 2.19. The number of guanidine groups is 1. The smallest absolute Gasteiger partial charge is 0.233 e. The summed E-state index contributed by atoms with van der Waals surface area (Å²) in [5, 5.41) is 2.68. The van der Waals surface area contributed by atoms with Crippen LogP contribution in [0.4, 0.5) is 0 Å². The summed E-state index contributed by atoms with van der Waals surface area (Å²) >= 11 is 0. The summed E-state index contributed by atoms with van der Waals surface area (Å²) in [6.45, 7) is 10.6. The third kappa shape index (κ3) is 4.37. The van der Waals surface area contributed by atoms with Gasteiger partial charge in [-0.05, 0) is 43.4 Å². The van der Waals surface area contributed by atoms with Gasteiger partial charge in [-0.3, -0.25) is 15.1 Å². The molecule has 0 heterocycles. The lowest BCUT2D eigenvalue weighted by atomic mass is 9.91. The molecule has 3 N–H and O–H groups in total. The molecule has 0 spiro atoms. The molecule has 0 aliphatic carbocycles. The number of aryl methyl sites for hydroxylation is 2. The molecule has 1 aromatic carbocycles. The topological polar surface area (TPSA) is 67.5 Å². The highest BCUT2D eigenvalue weighted by molar-refractivity contribution is 5.99. The second-order valence-corrected chi connectivity index (χ2v) is 5.64. The Labute approximate surface area is 121 Å². The number of nitrogens with zero attached hydrogens (tertiary/aromatic N) is 1. The van der Waals surface area contributed by atoms with Crippen molar-refractivity contribution in [2.75, 3.05) is 6.54 Å². The molecular weight excluding hydrogens is 250 g/mol. The van der Waals surface area contributed by atoms with Crippen molar-refractivity contribution in [1.29, 1.82) is 0 Å². The third-order valence-corrected chi connectivity index (χ3v) is 3.25. The maximum atomic E-state index is 12.2. The van der Waals surface area contributed by atoms with Gasteiger partial charge in [-0.15, -0.1) is 0 Å². The maximum Gasteiger partial charge on any atom is 0.233 e. The maximum absolute atomic E-state index is 12.2. The number of hydrogen-bond acceptors (Lipinski definition) is 2. The van der Waals surface area contributed by atoms with Gasteiger partial charge in [0.25, 0.3) is 0 Å². The van der Waals surface area contributed by atoms with Gasteiger partial charge in [0.1, 0.15) is 0 Å². The van der Waals surface area contributed by atoms with E-state index in [4.69, 9.17) is 5.73 Å². The van der Waals surface area contributed by atoms with Crippen molar-refractivity contribution in [3.8, 4) is 0 Å². The highest BCUT2D eigenvalue weighted by Crippen LogP contribution is 2.23. The van der Waals surface area contributed by atoms with Crippen LogP contribution in [0.5, 0.6) is 0 Å². The SMILES string of the molecule is Cc1cccc(C)c1C(C)C(=O)NC(N)=NCC(C)C. The third-order valence-electron chi connectivity index (χ3n) is 3.25. The van der Waals surface area contributed by atoms with Gasteiger partial charge < -0.3 is 5.73 Å². The van der Waals surface area contributed by atoms with E-state index in [1.54, 1.807) is 0 Å². The largest absolute Gasteiger partial charge is 0.370 e. The molecule has 1 rings (SSSR count). The molecule has 0 radical (unpaired) electrons. The summed E-state index contributed by atoms with van der Waals surface area (Å²) in [4.78, 5) is 16.4. The Morgan fingerprint density at radius 1 is 1.25 bits per heavy atom. The lowest BCUT2D eigenvalue weighted by Crippen LogP contribution is -2.39. The van der Waals surface area contributed by atoms with Crippen molar-refractivity contribution in [2.24, 2.45) is 16.6 Å². The van der Waals surface area contributed by atoms with E-state index in [1.807, 2.05) is 39.0 Å². The lowest BCUT2D eigenvalue weighted by Gasteiger charge is -2.17. The summed E-state index contributed by atoms with van der Waals surface area (Å²) in [5.41, 5.74) is 9.02. The van der Waals surface area contributed by atoms with E-state index in [0.29, 0.717) is 12.5 Å². The Kier molecular flexibility index (Phi) is 5.74. The van der Waals surface area contributed by atoms with Gasteiger partial charge in [0, 0.05) is 6.54 Å². The Morgan fingerprint density at radius 2 is 1.80 bits per heavy atom. The molecule has 0 saturated heterocycles. The van der Waals surface area contributed by atoms with Crippen LogP contribution in [0.2, 0.25) is 0 Å². The first-order chi connectivity index (χ1) is 9.32. The molecule has 1 aromatic rings. The van der Waals surface area contributed by atoms with Gasteiger partial charge in [0.05, 0.1) is 5.92 Å². The fraction of sp³-hybridized carbons (Fsp3) is 0.500. The van der Waals surface area contributed by atoms with Crippen LogP contribution in [-0.4, -0.2) is 18.4 Å². The van der Waals surface area contributed by atoms with Crippen molar-refractivity contribution in [1.82, 2.24) is 5.32 Å². The van der Waals surface area contributed by atoms with Gasteiger partial charge in [0.2, 0.25) is 5.91 Å². The van der Waals surface area contributed by atoms with Gasteiger partial charge in [-0.25, -0.2) is 0 Å². The van der Waals surface area contributed by atoms with Crippen molar-refractivity contribution in [3.63, 3.8) is 0 Å². The van der Waals surface area contributed by atoms with Crippen molar-refractivity contribution in [3.05, 3.63) is 34.9 Å². The van der Waals surface area contributed by atoms with E-state index in [-0.39, 0.29) is 17.8 Å². The molecule has 20 heavy (non-hydrogen) atoms. The van der Waals surface area contributed by atoms with Gasteiger partial charge >= 0.3 is 0 Å². The number of aliphatic imine (C=N–C) groups is 1. The van der Waals surface area contributed by atoms with E-state index in [9.17, 15) is 4.79 Å². The molecule has 1 amide bonds. The first kappa shape index (κ1) is 16.2. The fourth-order valence-corrected chi connectivity index (χ4v) is 2.20. The minimum atomic E-state index is -0.246. The zero-order chi connectivity index (χ0) is 15.3. The molecular formula is C16H25N3O. The summed E-state index contributed by atoms with van der Waals surface area (Å²) in [6, 6.07) is 6.03. The van der Waals surface area contributed by atoms with E-state index in [1.165, 1.54) is 0 Å². The van der Waals surface area contributed by atoms with Crippen LogP contribution in [0.15, 0.2) is 23.2 Å². The van der Waals surface area contributed by atoms with Crippen molar-refractivity contribution < 1.29 is 4.79 Å². The highest BCUT2D eigenvalue weighted by atomic mass is 16.2. The summed E-state index contributed by atoms with van der Waals surface area (Å²) in [6.07, 6.45) is 0. The predicted octanol–water partition coefficient (Wildman–Crippen LogP) is 2.49. The molecule has 0 aliphatic heterocycles. The summed E-state index contributed by atoms with van der Waals surface area (Å²) < 4.78 is 0. The summed E-state index contributed by atoms with van der Waals surface area (Å²) in [5.74, 6) is 0.250. The molecule has 0 bridgehead atoms. The van der Waals surface area contributed by atoms with Crippen LogP contribution in [0.25, 0.3) is 0 Å². The first-order valence-electron chi connectivity index (χ1n) is 6.99. The van der Waals surface area contributed by atoms with Crippen LogP contribution in [0.3, 0.4) is 0 Å². The van der Waals surface area contributed by atoms with Gasteiger partial charge in [-0.2, -0.15) is 0 Å². The van der Waals surface area contributed by atoms with Gasteiger partial charge in [-0.1, -0.05) is 32.0 Å². The van der Waals surface area contributed by atoms with Crippen molar-refractivity contribution in [2.45, 2.75) is 40.5 Å². The minimum Gasteiger partial charge on any atom is -0.370 e. The lowest BCUT2D eigenvalue weighted by molar-refractivity contribution is -0.120. The number of nitrogens with one attached hydrogen (secondary N) is 1. The molecule has 110 valence electrons. The van der Waals surface area contributed by atoms with E-state index in [2.05, 4.69) is 24.2 Å². The van der Waals surface area contributed by atoms with E-state index in [0.717, 1.165) is 16.7 Å². The number of rotatable bonds is 4. The second kappa shape index (κ2) is 7.08. The monoisotopic (exact) mass is 275 g/mol. The molecule has 0 aromatic heterocycles. The van der Waals surface area contributed by atoms with E-state index >= 15 is 0 Å². The van der Waals surface area contributed by atoms with Gasteiger partial charge in [0.15, 0.2) is 5.96 Å². The van der Waals surface area contributed by atoms with Crippen LogP contribution < -0.4 is 11.1 Å². The van der Waals surface area contributed by atoms with Crippen LogP contribution in [0, 0.1) is 19.8 Å².